The number of methoxy groups -OCH3 is 1. The number of hydrogen-bond donors (Lipinski definition) is 2. The van der Waals surface area contributed by atoms with E-state index in [9.17, 15) is 4.79 Å². The molecule has 1 aromatic carbocycles. The van der Waals surface area contributed by atoms with E-state index in [4.69, 9.17) is 10.5 Å². The second kappa shape index (κ2) is 5.39. The van der Waals surface area contributed by atoms with E-state index in [1.54, 1.807) is 18.2 Å². The van der Waals surface area contributed by atoms with Crippen molar-refractivity contribution in [2.24, 2.45) is 0 Å². The van der Waals surface area contributed by atoms with Crippen LogP contribution in [-0.4, -0.2) is 18.0 Å². The third-order valence-electron chi connectivity index (χ3n) is 2.70. The summed E-state index contributed by atoms with van der Waals surface area (Å²) in [6.45, 7) is 1.94. The Morgan fingerprint density at radius 1 is 1.37 bits per heavy atom. The second-order valence-electron chi connectivity index (χ2n) is 4.12. The summed E-state index contributed by atoms with van der Waals surface area (Å²) in [5, 5.41) is 2.76. The lowest BCUT2D eigenvalue weighted by atomic mass is 10.1. The normalized spacial score (nSPS) is 10.0. The van der Waals surface area contributed by atoms with Crippen LogP contribution in [0.3, 0.4) is 0 Å². The molecule has 1 amide bonds. The number of carbonyl (C=O) groups is 1. The lowest BCUT2D eigenvalue weighted by molar-refractivity contribution is 0.102. The van der Waals surface area contributed by atoms with Gasteiger partial charge in [-0.05, 0) is 30.7 Å². The zero-order chi connectivity index (χ0) is 13.8. The van der Waals surface area contributed by atoms with Gasteiger partial charge in [0, 0.05) is 6.20 Å². The van der Waals surface area contributed by atoms with Gasteiger partial charge < -0.3 is 15.8 Å². The van der Waals surface area contributed by atoms with Crippen molar-refractivity contribution in [3.05, 3.63) is 47.8 Å². The summed E-state index contributed by atoms with van der Waals surface area (Å²) < 4.78 is 5.10. The summed E-state index contributed by atoms with van der Waals surface area (Å²) in [6, 6.07) is 7.06. The zero-order valence-corrected chi connectivity index (χ0v) is 10.8. The summed E-state index contributed by atoms with van der Waals surface area (Å²) in [7, 11) is 1.49. The fraction of sp³-hybridized carbons (Fsp3) is 0.143. The number of pyridine rings is 1. The third-order valence-corrected chi connectivity index (χ3v) is 2.70. The van der Waals surface area contributed by atoms with Crippen molar-refractivity contribution in [2.45, 2.75) is 6.92 Å². The van der Waals surface area contributed by atoms with E-state index in [0.717, 1.165) is 5.56 Å². The van der Waals surface area contributed by atoms with E-state index in [2.05, 4.69) is 10.3 Å². The van der Waals surface area contributed by atoms with Gasteiger partial charge >= 0.3 is 0 Å². The van der Waals surface area contributed by atoms with Gasteiger partial charge in [-0.15, -0.1) is 0 Å². The Balaban J connectivity index is 2.26. The molecule has 19 heavy (non-hydrogen) atoms. The second-order valence-corrected chi connectivity index (χ2v) is 4.12. The Morgan fingerprint density at radius 2 is 2.16 bits per heavy atom. The molecule has 5 heteroatoms. The Kier molecular flexibility index (Phi) is 3.66. The number of anilines is 2. The fourth-order valence-corrected chi connectivity index (χ4v) is 1.72. The molecule has 0 spiro atoms. The molecule has 1 aromatic heterocycles. The highest BCUT2D eigenvalue weighted by molar-refractivity contribution is 6.07. The number of hydrogen-bond acceptors (Lipinski definition) is 4. The van der Waals surface area contributed by atoms with Gasteiger partial charge in [0.2, 0.25) is 0 Å². The van der Waals surface area contributed by atoms with Crippen LogP contribution in [-0.2, 0) is 0 Å². The van der Waals surface area contributed by atoms with Crippen LogP contribution in [0.5, 0.6) is 5.75 Å². The lowest BCUT2D eigenvalue weighted by Crippen LogP contribution is -2.14. The number of amides is 1. The molecule has 1 heterocycles. The van der Waals surface area contributed by atoms with Crippen molar-refractivity contribution < 1.29 is 9.53 Å². The molecule has 2 aromatic rings. The van der Waals surface area contributed by atoms with E-state index in [1.807, 2.05) is 13.0 Å². The molecule has 0 fully saturated rings. The van der Waals surface area contributed by atoms with Gasteiger partial charge in [0.05, 0.1) is 30.2 Å². The molecule has 0 saturated heterocycles. The minimum absolute atomic E-state index is 0.283. The predicted molar refractivity (Wildman–Crippen MR) is 74.3 cm³/mol. The SMILES string of the molecule is COc1cnccc1C(=O)Nc1ccc(C)cc1N. The minimum atomic E-state index is -0.283. The maximum atomic E-state index is 12.2. The fourth-order valence-electron chi connectivity index (χ4n) is 1.72. The lowest BCUT2D eigenvalue weighted by Gasteiger charge is -2.10. The molecule has 0 radical (unpaired) electrons. The third kappa shape index (κ3) is 2.82. The van der Waals surface area contributed by atoms with Crippen molar-refractivity contribution >= 4 is 17.3 Å². The predicted octanol–water partition coefficient (Wildman–Crippen LogP) is 2.23. The van der Waals surface area contributed by atoms with E-state index < -0.39 is 0 Å². The summed E-state index contributed by atoms with van der Waals surface area (Å²) >= 11 is 0. The largest absolute Gasteiger partial charge is 0.494 e. The van der Waals surface area contributed by atoms with Crippen molar-refractivity contribution in [3.63, 3.8) is 0 Å². The highest BCUT2D eigenvalue weighted by Gasteiger charge is 2.13. The first-order valence-corrected chi connectivity index (χ1v) is 5.77. The van der Waals surface area contributed by atoms with Crippen LogP contribution < -0.4 is 15.8 Å². The van der Waals surface area contributed by atoms with Crippen LogP contribution in [0.25, 0.3) is 0 Å². The average molecular weight is 257 g/mol. The number of nitrogens with one attached hydrogen (secondary N) is 1. The van der Waals surface area contributed by atoms with Crippen LogP contribution in [0.4, 0.5) is 11.4 Å². The molecule has 3 N–H and O–H groups in total. The van der Waals surface area contributed by atoms with E-state index >= 15 is 0 Å². The van der Waals surface area contributed by atoms with E-state index in [0.29, 0.717) is 22.7 Å². The van der Waals surface area contributed by atoms with Crippen LogP contribution >= 0.6 is 0 Å². The number of nitrogens with two attached hydrogens (primary N) is 1. The van der Waals surface area contributed by atoms with E-state index in [-0.39, 0.29) is 5.91 Å². The molecule has 0 aliphatic carbocycles. The molecular weight excluding hydrogens is 242 g/mol. The standard InChI is InChI=1S/C14H15N3O2/c1-9-3-4-12(11(15)7-9)17-14(18)10-5-6-16-8-13(10)19-2/h3-8H,15H2,1-2H3,(H,17,18). The number of ether oxygens (including phenoxy) is 1. The van der Waals surface area contributed by atoms with E-state index in [1.165, 1.54) is 19.5 Å². The maximum Gasteiger partial charge on any atom is 0.259 e. The van der Waals surface area contributed by atoms with Gasteiger partial charge in [-0.25, -0.2) is 0 Å². The molecule has 98 valence electrons. The first kappa shape index (κ1) is 12.9. The quantitative estimate of drug-likeness (QED) is 0.827. The molecule has 0 unspecified atom stereocenters. The van der Waals surface area contributed by atoms with Crippen LogP contribution in [0.15, 0.2) is 36.7 Å². The molecule has 0 bridgehead atoms. The average Bonchev–Trinajstić information content (AvgIpc) is 2.41. The summed E-state index contributed by atoms with van der Waals surface area (Å²) in [5.41, 5.74) is 8.42. The first-order valence-electron chi connectivity index (χ1n) is 5.77. The Hall–Kier alpha value is -2.56. The number of benzene rings is 1. The smallest absolute Gasteiger partial charge is 0.259 e. The minimum Gasteiger partial charge on any atom is -0.494 e. The Bertz CT molecular complexity index is 611. The van der Waals surface area contributed by atoms with Crippen LogP contribution in [0.1, 0.15) is 15.9 Å². The zero-order valence-electron chi connectivity index (χ0n) is 10.8. The maximum absolute atomic E-state index is 12.2. The number of nitrogen functional groups attached to an aromatic ring is 1. The number of carbonyl (C=O) groups excluding carboxylic acids is 1. The topological polar surface area (TPSA) is 77.2 Å². The van der Waals surface area contributed by atoms with Gasteiger partial charge in [-0.1, -0.05) is 6.07 Å². The molecule has 0 saturated carbocycles. The van der Waals surface area contributed by atoms with Gasteiger partial charge in [-0.2, -0.15) is 0 Å². The number of aryl methyl sites for hydroxylation is 1. The van der Waals surface area contributed by atoms with Crippen molar-refractivity contribution in [2.75, 3.05) is 18.2 Å². The Labute approximate surface area is 111 Å². The highest BCUT2D eigenvalue weighted by Crippen LogP contribution is 2.22. The molecule has 0 aliphatic heterocycles. The first-order chi connectivity index (χ1) is 9.11. The van der Waals surface area contributed by atoms with Gasteiger partial charge in [0.25, 0.3) is 5.91 Å². The van der Waals surface area contributed by atoms with Crippen LogP contribution in [0.2, 0.25) is 0 Å². The molecule has 0 aliphatic rings. The highest BCUT2D eigenvalue weighted by atomic mass is 16.5. The molecule has 2 rings (SSSR count). The molecule has 0 atom stereocenters. The Morgan fingerprint density at radius 3 is 2.84 bits per heavy atom. The van der Waals surface area contributed by atoms with Crippen LogP contribution in [0, 0.1) is 6.92 Å². The summed E-state index contributed by atoms with van der Waals surface area (Å²) in [6.07, 6.45) is 3.03. The van der Waals surface area contributed by atoms with Crippen molar-refractivity contribution in [1.29, 1.82) is 0 Å². The number of nitrogens with zero attached hydrogens (tertiary/aromatic N) is 1. The number of rotatable bonds is 3. The summed E-state index contributed by atoms with van der Waals surface area (Å²) in [5.74, 6) is 0.139. The summed E-state index contributed by atoms with van der Waals surface area (Å²) in [4.78, 5) is 16.1. The monoisotopic (exact) mass is 257 g/mol. The molecule has 5 nitrogen and oxygen atoms in total. The number of aromatic nitrogens is 1. The molecular formula is C14H15N3O2. The van der Waals surface area contributed by atoms with Gasteiger partial charge in [0.1, 0.15) is 5.75 Å². The van der Waals surface area contributed by atoms with Crippen molar-refractivity contribution in [1.82, 2.24) is 4.98 Å². The van der Waals surface area contributed by atoms with Gasteiger partial charge in [0.15, 0.2) is 0 Å². The van der Waals surface area contributed by atoms with Crippen molar-refractivity contribution in [3.8, 4) is 5.75 Å². The van der Waals surface area contributed by atoms with Gasteiger partial charge in [-0.3, -0.25) is 9.78 Å².